The number of rotatable bonds is 5. The van der Waals surface area contributed by atoms with Gasteiger partial charge in [0, 0.05) is 0 Å². The fraction of sp³-hybridized carbons (Fsp3) is 0. The standard InChI is InChI=1S/C12H7N3O7/c16-13(17)8-6-11(14(18)19)10(12(7-8)15(20)21)4-3-9-2-1-5-22-9/h1-7H/b4-3+. The first-order valence-corrected chi connectivity index (χ1v) is 5.73. The minimum Gasteiger partial charge on any atom is -0.465 e. The van der Waals surface area contributed by atoms with Gasteiger partial charge in [-0.3, -0.25) is 30.3 Å². The predicted octanol–water partition coefficient (Wildman–Crippen LogP) is 3.17. The van der Waals surface area contributed by atoms with Gasteiger partial charge in [-0.15, -0.1) is 0 Å². The molecule has 0 aliphatic carbocycles. The van der Waals surface area contributed by atoms with Crippen molar-refractivity contribution in [2.24, 2.45) is 0 Å². The number of benzene rings is 1. The highest BCUT2D eigenvalue weighted by Gasteiger charge is 2.28. The van der Waals surface area contributed by atoms with Crippen LogP contribution in [0.25, 0.3) is 12.2 Å². The van der Waals surface area contributed by atoms with Crippen molar-refractivity contribution in [3.8, 4) is 0 Å². The van der Waals surface area contributed by atoms with Gasteiger partial charge in [0.05, 0.1) is 33.2 Å². The van der Waals surface area contributed by atoms with E-state index in [0.717, 1.165) is 6.08 Å². The molecule has 0 aliphatic heterocycles. The molecule has 0 unspecified atom stereocenters. The van der Waals surface area contributed by atoms with Crippen LogP contribution >= 0.6 is 0 Å². The van der Waals surface area contributed by atoms with Crippen LogP contribution in [0.5, 0.6) is 0 Å². The Balaban J connectivity index is 2.65. The first-order chi connectivity index (χ1) is 10.4. The van der Waals surface area contributed by atoms with E-state index in [1.54, 1.807) is 12.1 Å². The molecule has 1 aromatic carbocycles. The molecule has 0 saturated heterocycles. The molecule has 0 N–H and O–H groups in total. The minimum atomic E-state index is -0.931. The smallest absolute Gasteiger partial charge is 0.290 e. The molecule has 0 bridgehead atoms. The Morgan fingerprint density at radius 2 is 1.50 bits per heavy atom. The van der Waals surface area contributed by atoms with E-state index in [9.17, 15) is 30.3 Å². The van der Waals surface area contributed by atoms with Gasteiger partial charge in [0.15, 0.2) is 0 Å². The molecular formula is C12H7N3O7. The van der Waals surface area contributed by atoms with Crippen molar-refractivity contribution < 1.29 is 19.2 Å². The maximum Gasteiger partial charge on any atom is 0.290 e. The molecule has 2 rings (SSSR count). The fourth-order valence-electron chi connectivity index (χ4n) is 1.74. The normalized spacial score (nSPS) is 10.7. The van der Waals surface area contributed by atoms with Gasteiger partial charge in [-0.2, -0.15) is 0 Å². The summed E-state index contributed by atoms with van der Waals surface area (Å²) in [4.78, 5) is 30.0. The van der Waals surface area contributed by atoms with E-state index in [2.05, 4.69) is 0 Å². The lowest BCUT2D eigenvalue weighted by Gasteiger charge is -2.00. The SMILES string of the molecule is O=[N+]([O-])c1cc([N+](=O)[O-])c(/C=C/c2ccco2)c([N+](=O)[O-])c1. The van der Waals surface area contributed by atoms with E-state index >= 15 is 0 Å². The van der Waals surface area contributed by atoms with E-state index < -0.39 is 31.8 Å². The van der Waals surface area contributed by atoms with Gasteiger partial charge in [-0.1, -0.05) is 0 Å². The lowest BCUT2D eigenvalue weighted by molar-refractivity contribution is -0.403. The lowest BCUT2D eigenvalue weighted by Crippen LogP contribution is -2.00. The minimum absolute atomic E-state index is 0.321. The van der Waals surface area contributed by atoms with E-state index in [-0.39, 0.29) is 5.56 Å². The van der Waals surface area contributed by atoms with E-state index in [0.29, 0.717) is 17.9 Å². The summed E-state index contributed by atoms with van der Waals surface area (Å²) in [5.74, 6) is 0.321. The summed E-state index contributed by atoms with van der Waals surface area (Å²) >= 11 is 0. The zero-order chi connectivity index (χ0) is 16.3. The number of nitrogens with zero attached hydrogens (tertiary/aromatic N) is 3. The van der Waals surface area contributed by atoms with Crippen LogP contribution in [0.1, 0.15) is 11.3 Å². The molecule has 22 heavy (non-hydrogen) atoms. The van der Waals surface area contributed by atoms with Gasteiger partial charge < -0.3 is 4.42 Å². The van der Waals surface area contributed by atoms with Crippen LogP contribution in [0.4, 0.5) is 17.1 Å². The second kappa shape index (κ2) is 5.83. The highest BCUT2D eigenvalue weighted by atomic mass is 16.6. The van der Waals surface area contributed by atoms with Crippen LogP contribution in [-0.4, -0.2) is 14.8 Å². The Bertz CT molecular complexity index is 745. The lowest BCUT2D eigenvalue weighted by atomic mass is 10.1. The first-order valence-electron chi connectivity index (χ1n) is 5.73. The zero-order valence-corrected chi connectivity index (χ0v) is 10.7. The third kappa shape index (κ3) is 2.95. The van der Waals surface area contributed by atoms with Crippen molar-refractivity contribution in [2.45, 2.75) is 0 Å². The van der Waals surface area contributed by atoms with Crippen LogP contribution in [0.2, 0.25) is 0 Å². The van der Waals surface area contributed by atoms with Crippen molar-refractivity contribution in [3.05, 3.63) is 72.2 Å². The van der Waals surface area contributed by atoms with Gasteiger partial charge in [-0.05, 0) is 24.3 Å². The van der Waals surface area contributed by atoms with Gasteiger partial charge in [0.25, 0.3) is 17.1 Å². The topological polar surface area (TPSA) is 143 Å². The Hall–Kier alpha value is -3.56. The van der Waals surface area contributed by atoms with Gasteiger partial charge >= 0.3 is 0 Å². The average molecular weight is 305 g/mol. The maximum absolute atomic E-state index is 11.0. The second-order valence-electron chi connectivity index (χ2n) is 4.02. The monoisotopic (exact) mass is 305 g/mol. The third-order valence-corrected chi connectivity index (χ3v) is 2.68. The predicted molar refractivity (Wildman–Crippen MR) is 74.0 cm³/mol. The third-order valence-electron chi connectivity index (χ3n) is 2.68. The Morgan fingerprint density at radius 3 is 1.91 bits per heavy atom. The number of nitro benzene ring substituents is 3. The van der Waals surface area contributed by atoms with Gasteiger partial charge in [0.1, 0.15) is 11.3 Å². The Morgan fingerprint density at radius 1 is 0.909 bits per heavy atom. The summed E-state index contributed by atoms with van der Waals surface area (Å²) in [6.07, 6.45) is 3.76. The molecule has 0 saturated carbocycles. The number of furan rings is 1. The quantitative estimate of drug-likeness (QED) is 0.609. The summed E-state index contributed by atoms with van der Waals surface area (Å²) in [5, 5.41) is 32.8. The van der Waals surface area contributed by atoms with Gasteiger partial charge in [0.2, 0.25) is 0 Å². The van der Waals surface area contributed by atoms with Crippen LogP contribution in [0.15, 0.2) is 34.9 Å². The zero-order valence-electron chi connectivity index (χ0n) is 10.7. The molecule has 0 atom stereocenters. The molecule has 1 aromatic heterocycles. The molecule has 0 amide bonds. The number of hydrogen-bond donors (Lipinski definition) is 0. The van der Waals surface area contributed by atoms with Crippen LogP contribution < -0.4 is 0 Å². The molecule has 0 aliphatic rings. The molecule has 0 spiro atoms. The Kier molecular flexibility index (Phi) is 3.93. The average Bonchev–Trinajstić information content (AvgIpc) is 2.96. The molecule has 0 fully saturated rings. The summed E-state index contributed by atoms with van der Waals surface area (Å²) in [7, 11) is 0. The number of nitro groups is 3. The molecule has 112 valence electrons. The van der Waals surface area contributed by atoms with Crippen molar-refractivity contribution >= 4 is 29.2 Å². The van der Waals surface area contributed by atoms with Crippen LogP contribution in [0.3, 0.4) is 0 Å². The number of non-ortho nitro benzene ring substituents is 1. The van der Waals surface area contributed by atoms with Crippen LogP contribution in [-0.2, 0) is 0 Å². The molecule has 0 radical (unpaired) electrons. The first kappa shape index (κ1) is 14.8. The largest absolute Gasteiger partial charge is 0.465 e. The molecule has 10 nitrogen and oxygen atoms in total. The van der Waals surface area contributed by atoms with Crippen molar-refractivity contribution in [3.63, 3.8) is 0 Å². The second-order valence-corrected chi connectivity index (χ2v) is 4.02. The molecule has 2 aromatic rings. The van der Waals surface area contributed by atoms with Gasteiger partial charge in [-0.25, -0.2) is 0 Å². The Labute approximate surface area is 121 Å². The summed E-state index contributed by atoms with van der Waals surface area (Å²) < 4.78 is 4.98. The van der Waals surface area contributed by atoms with E-state index in [1.807, 2.05) is 0 Å². The molecule has 10 heteroatoms. The summed E-state index contributed by atoms with van der Waals surface area (Å²) in [6.45, 7) is 0. The highest BCUT2D eigenvalue weighted by molar-refractivity contribution is 5.80. The van der Waals surface area contributed by atoms with Crippen molar-refractivity contribution in [2.75, 3.05) is 0 Å². The maximum atomic E-state index is 11.0. The number of hydrogen-bond acceptors (Lipinski definition) is 7. The van der Waals surface area contributed by atoms with E-state index in [1.165, 1.54) is 12.3 Å². The molecular weight excluding hydrogens is 298 g/mol. The highest BCUT2D eigenvalue weighted by Crippen LogP contribution is 2.35. The summed E-state index contributed by atoms with van der Waals surface area (Å²) in [6, 6.07) is 4.46. The van der Waals surface area contributed by atoms with E-state index in [4.69, 9.17) is 4.42 Å². The van der Waals surface area contributed by atoms with Crippen molar-refractivity contribution in [1.29, 1.82) is 0 Å². The van der Waals surface area contributed by atoms with Crippen molar-refractivity contribution in [1.82, 2.24) is 0 Å². The fourth-order valence-corrected chi connectivity index (χ4v) is 1.74. The summed E-state index contributed by atoms with van der Waals surface area (Å²) in [5.41, 5.74) is -2.54. The van der Waals surface area contributed by atoms with Crippen LogP contribution in [0, 0.1) is 30.3 Å². The molecule has 1 heterocycles.